The minimum absolute atomic E-state index is 0.0218. The number of carbonyl (C=O) groups is 3. The van der Waals surface area contributed by atoms with E-state index >= 15 is 0 Å². The van der Waals surface area contributed by atoms with E-state index in [1.165, 1.54) is 25.7 Å². The van der Waals surface area contributed by atoms with Gasteiger partial charge in [0.1, 0.15) is 12.2 Å². The van der Waals surface area contributed by atoms with Gasteiger partial charge in [0, 0.05) is 44.6 Å². The maximum atomic E-state index is 13.2. The van der Waals surface area contributed by atoms with Crippen molar-refractivity contribution >= 4 is 18.3 Å². The van der Waals surface area contributed by atoms with E-state index in [0.29, 0.717) is 18.3 Å². The van der Waals surface area contributed by atoms with Gasteiger partial charge in [-0.1, -0.05) is 12.8 Å². The number of hydrogen-bond acceptors (Lipinski definition) is 6. The van der Waals surface area contributed by atoms with Crippen LogP contribution in [0.15, 0.2) is 6.33 Å². The molecule has 10 heteroatoms. The third-order valence-electron chi connectivity index (χ3n) is 7.22. The Labute approximate surface area is 195 Å². The van der Waals surface area contributed by atoms with E-state index in [9.17, 15) is 9.59 Å². The number of carbonyl (C=O) groups excluding carboxylic acids is 2. The highest BCUT2D eigenvalue weighted by atomic mass is 16.3. The minimum Gasteiger partial charge on any atom is -0.483 e. The van der Waals surface area contributed by atoms with Gasteiger partial charge in [0.05, 0.1) is 5.92 Å². The smallest absolute Gasteiger partial charge is 0.290 e. The number of H-pyrrole nitrogens is 1. The molecule has 0 unspecified atom stereocenters. The van der Waals surface area contributed by atoms with Crippen LogP contribution in [0.25, 0.3) is 0 Å². The molecular formula is C23H38N6O4. The topological polar surface area (TPSA) is 132 Å². The SMILES string of the molecule is CN1C[C@@H](NC(=O)CC2CCCC2)CC[C@@H](C(=O)N2CCC(c3ncn[nH]3)CC2)C1.O=CO. The highest BCUT2D eigenvalue weighted by Gasteiger charge is 2.33. The van der Waals surface area contributed by atoms with Gasteiger partial charge in [0.15, 0.2) is 0 Å². The number of hydrogen-bond donors (Lipinski definition) is 3. The van der Waals surface area contributed by atoms with E-state index < -0.39 is 0 Å². The summed E-state index contributed by atoms with van der Waals surface area (Å²) in [6.45, 7) is 2.92. The summed E-state index contributed by atoms with van der Waals surface area (Å²) in [5, 5.41) is 17.1. The molecule has 2 saturated heterocycles. The molecule has 2 atom stereocenters. The summed E-state index contributed by atoms with van der Waals surface area (Å²) in [4.78, 5) is 42.5. The summed E-state index contributed by atoms with van der Waals surface area (Å²) in [6.07, 6.45) is 10.7. The zero-order valence-corrected chi connectivity index (χ0v) is 19.6. The van der Waals surface area contributed by atoms with Crippen molar-refractivity contribution in [1.29, 1.82) is 0 Å². The molecule has 3 aliphatic rings. The summed E-state index contributed by atoms with van der Waals surface area (Å²) in [7, 11) is 2.07. The molecule has 33 heavy (non-hydrogen) atoms. The Kier molecular flexibility index (Phi) is 9.65. The Morgan fingerprint density at radius 1 is 1.15 bits per heavy atom. The van der Waals surface area contributed by atoms with Crippen LogP contribution in [0.5, 0.6) is 0 Å². The summed E-state index contributed by atoms with van der Waals surface area (Å²) in [6, 6.07) is 0.152. The van der Waals surface area contributed by atoms with Crippen LogP contribution in [0.1, 0.15) is 69.5 Å². The highest BCUT2D eigenvalue weighted by molar-refractivity contribution is 5.79. The first kappa shape index (κ1) is 25.1. The maximum absolute atomic E-state index is 13.2. The van der Waals surface area contributed by atoms with Crippen LogP contribution in [-0.2, 0) is 14.4 Å². The van der Waals surface area contributed by atoms with Crippen molar-refractivity contribution in [2.75, 3.05) is 33.2 Å². The van der Waals surface area contributed by atoms with Gasteiger partial charge in [0.25, 0.3) is 6.47 Å². The number of nitrogens with zero attached hydrogens (tertiary/aromatic N) is 4. The molecule has 4 rings (SSSR count). The van der Waals surface area contributed by atoms with E-state index in [0.717, 1.165) is 57.7 Å². The zero-order valence-electron chi connectivity index (χ0n) is 19.6. The molecule has 1 aliphatic carbocycles. The molecule has 0 spiro atoms. The van der Waals surface area contributed by atoms with Crippen molar-refractivity contribution in [3.8, 4) is 0 Å². The molecule has 3 fully saturated rings. The number of likely N-dealkylation sites (tertiary alicyclic amines) is 2. The number of carboxylic acid groups (broad SMARTS) is 1. The number of amides is 2. The molecule has 0 radical (unpaired) electrons. The van der Waals surface area contributed by atoms with E-state index in [1.807, 2.05) is 4.90 Å². The van der Waals surface area contributed by atoms with Crippen molar-refractivity contribution < 1.29 is 19.5 Å². The molecule has 10 nitrogen and oxygen atoms in total. The van der Waals surface area contributed by atoms with Crippen molar-refractivity contribution in [3.63, 3.8) is 0 Å². The maximum Gasteiger partial charge on any atom is 0.290 e. The Hall–Kier alpha value is -2.49. The normalized spacial score (nSPS) is 25.1. The lowest BCUT2D eigenvalue weighted by molar-refractivity contribution is -0.137. The average molecular weight is 463 g/mol. The molecule has 3 heterocycles. The van der Waals surface area contributed by atoms with Crippen molar-refractivity contribution in [2.24, 2.45) is 11.8 Å². The van der Waals surface area contributed by atoms with Gasteiger partial charge >= 0.3 is 0 Å². The Balaban J connectivity index is 0.000000968. The van der Waals surface area contributed by atoms with Crippen LogP contribution in [0, 0.1) is 11.8 Å². The molecule has 1 aromatic rings. The number of aromatic amines is 1. The average Bonchev–Trinajstić information content (AvgIpc) is 3.48. The molecule has 184 valence electrons. The van der Waals surface area contributed by atoms with Crippen molar-refractivity contribution in [1.82, 2.24) is 30.3 Å². The van der Waals surface area contributed by atoms with Crippen LogP contribution in [0.3, 0.4) is 0 Å². The van der Waals surface area contributed by atoms with E-state index in [-0.39, 0.29) is 30.2 Å². The minimum atomic E-state index is -0.250. The monoisotopic (exact) mass is 462 g/mol. The zero-order chi connectivity index (χ0) is 23.6. The van der Waals surface area contributed by atoms with Crippen molar-refractivity contribution in [3.05, 3.63) is 12.2 Å². The summed E-state index contributed by atoms with van der Waals surface area (Å²) in [5.74, 6) is 2.37. The lowest BCUT2D eigenvalue weighted by atomic mass is 9.94. The molecular weight excluding hydrogens is 424 g/mol. The summed E-state index contributed by atoms with van der Waals surface area (Å²) in [5.41, 5.74) is 0. The van der Waals surface area contributed by atoms with Gasteiger partial charge in [0.2, 0.25) is 11.8 Å². The van der Waals surface area contributed by atoms with Crippen molar-refractivity contribution in [2.45, 2.75) is 69.7 Å². The summed E-state index contributed by atoms with van der Waals surface area (Å²) >= 11 is 0. The largest absolute Gasteiger partial charge is 0.483 e. The number of nitrogens with one attached hydrogen (secondary N) is 2. The van der Waals surface area contributed by atoms with Gasteiger partial charge in [-0.2, -0.15) is 5.10 Å². The quantitative estimate of drug-likeness (QED) is 0.567. The molecule has 0 aromatic carbocycles. The fraction of sp³-hybridized carbons (Fsp3) is 0.783. The first-order valence-corrected chi connectivity index (χ1v) is 12.2. The van der Waals surface area contributed by atoms with Gasteiger partial charge in [-0.25, -0.2) is 4.98 Å². The van der Waals surface area contributed by atoms with E-state index in [4.69, 9.17) is 9.90 Å². The van der Waals surface area contributed by atoms with Crippen LogP contribution in [0.4, 0.5) is 0 Å². The summed E-state index contributed by atoms with van der Waals surface area (Å²) < 4.78 is 0. The number of aromatic nitrogens is 3. The fourth-order valence-corrected chi connectivity index (χ4v) is 5.54. The number of rotatable bonds is 5. The van der Waals surface area contributed by atoms with Crippen LogP contribution >= 0.6 is 0 Å². The van der Waals surface area contributed by atoms with E-state index in [2.05, 4.69) is 32.4 Å². The van der Waals surface area contributed by atoms with Gasteiger partial charge in [-0.05, 0) is 51.5 Å². The first-order valence-electron chi connectivity index (χ1n) is 12.2. The molecule has 1 saturated carbocycles. The molecule has 2 aliphatic heterocycles. The Morgan fingerprint density at radius 3 is 2.48 bits per heavy atom. The lowest BCUT2D eigenvalue weighted by Gasteiger charge is -2.34. The second-order valence-corrected chi connectivity index (χ2v) is 9.69. The van der Waals surface area contributed by atoms with Gasteiger partial charge < -0.3 is 20.2 Å². The Bertz CT molecular complexity index is 744. The molecule has 1 aromatic heterocycles. The first-order chi connectivity index (χ1) is 16.0. The molecule has 0 bridgehead atoms. The number of piperidine rings is 1. The van der Waals surface area contributed by atoms with E-state index in [1.54, 1.807) is 6.33 Å². The second kappa shape index (κ2) is 12.7. The fourth-order valence-electron chi connectivity index (χ4n) is 5.54. The Morgan fingerprint density at radius 2 is 1.85 bits per heavy atom. The molecule has 3 N–H and O–H groups in total. The number of likely N-dealkylation sites (N-methyl/N-ethyl adjacent to an activating group) is 1. The van der Waals surface area contributed by atoms with Crippen LogP contribution < -0.4 is 5.32 Å². The standard InChI is InChI=1S/C22H36N6O2.CH2O2/c1-27-13-18(6-7-19(14-27)25-20(29)12-16-4-2-3-5-16)22(30)28-10-8-17(9-11-28)21-23-15-24-26-21;2-1-3/h15-19H,2-14H2,1H3,(H,25,29)(H,23,24,26);1H,(H,2,3)/t18-,19+;/m1./s1. The second-order valence-electron chi connectivity index (χ2n) is 9.69. The van der Waals surface area contributed by atoms with Gasteiger partial charge in [-0.3, -0.25) is 19.5 Å². The van der Waals surface area contributed by atoms with Crippen LogP contribution in [0.2, 0.25) is 0 Å². The van der Waals surface area contributed by atoms with Crippen LogP contribution in [-0.4, -0.2) is 87.6 Å². The highest BCUT2D eigenvalue weighted by Crippen LogP contribution is 2.29. The predicted octanol–water partition coefficient (Wildman–Crippen LogP) is 1.62. The third-order valence-corrected chi connectivity index (χ3v) is 7.22. The molecule has 2 amide bonds. The lowest BCUT2D eigenvalue weighted by Crippen LogP contribution is -2.44. The predicted molar refractivity (Wildman–Crippen MR) is 122 cm³/mol. The van der Waals surface area contributed by atoms with Gasteiger partial charge in [-0.15, -0.1) is 0 Å². The third kappa shape index (κ3) is 7.52.